The maximum atomic E-state index is 14.9. The Morgan fingerprint density at radius 1 is 0.908 bits per heavy atom. The Bertz CT molecular complexity index is 3310. The number of para-hydroxylation sites is 2. The van der Waals surface area contributed by atoms with E-state index in [1.807, 2.05) is 66.0 Å². The van der Waals surface area contributed by atoms with E-state index in [0.29, 0.717) is 22.5 Å². The summed E-state index contributed by atoms with van der Waals surface area (Å²) in [7, 11) is -2.91. The average Bonchev–Trinajstić information content (AvgIpc) is 4.10. The summed E-state index contributed by atoms with van der Waals surface area (Å²) in [6, 6.07) is 38.5. The molecule has 12 nitrogen and oxygen atoms in total. The third-order valence-corrected chi connectivity index (χ3v) is 16.9. The Morgan fingerprint density at radius 3 is 2.54 bits per heavy atom. The summed E-state index contributed by atoms with van der Waals surface area (Å²) in [5, 5.41) is 18.4. The molecule has 1 aliphatic carbocycles. The fraction of sp³-hybridized carbons (Fsp3) is 0.200. The molecule has 6 heterocycles. The number of thioether (sulfide) groups is 1. The second-order valence-corrected chi connectivity index (χ2v) is 20.8. The smallest absolute Gasteiger partial charge is 0.253 e. The zero-order chi connectivity index (χ0) is 44.6. The highest BCUT2D eigenvalue weighted by molar-refractivity contribution is 8.00. The van der Waals surface area contributed by atoms with Gasteiger partial charge >= 0.3 is 0 Å². The molecule has 2 atom stereocenters. The van der Waals surface area contributed by atoms with Crippen LogP contribution in [0.5, 0.6) is 0 Å². The first-order valence-corrected chi connectivity index (χ1v) is 24.7. The van der Waals surface area contributed by atoms with Crippen LogP contribution in [0.15, 0.2) is 147 Å². The molecular formula is C50H41N5O7S3. The molecule has 0 bridgehead atoms. The quantitative estimate of drug-likeness (QED) is 0.101. The number of fused-ring (bicyclic) bond motifs is 5. The fourth-order valence-electron chi connectivity index (χ4n) is 9.72. The van der Waals surface area contributed by atoms with Gasteiger partial charge in [0.1, 0.15) is 22.8 Å². The highest BCUT2D eigenvalue weighted by Crippen LogP contribution is 2.45. The summed E-state index contributed by atoms with van der Waals surface area (Å²) in [5.41, 5.74) is 8.07. The third kappa shape index (κ3) is 7.04. The molecule has 1 fully saturated rings. The molecule has 5 aliphatic heterocycles. The number of anilines is 2. The standard InChI is InChI=1S/C50H41N5O7S3/c1-52(28-32-29-64-49-46(48(57)55(49)47(32)50(58)59)51-44(56)27-35-11-8-24-63-35)65(60,61)43-15-7-4-12-38(43)45-36-18-16-33(53-22-20-30-9-2-5-13-39(30)53)25-41(36)62-42-26-34(17-19-37(42)45)54-23-21-31-10-3-6-14-40(31)54/h2-19,24-26,46,49H,20-23,27-29H2,1H3,(H-,51,56,58,59)/t46-,49?/m1/s1. The van der Waals surface area contributed by atoms with Crippen molar-refractivity contribution < 1.29 is 32.3 Å². The number of β-lactam (4-membered cyclic amide) rings is 1. The molecule has 65 heavy (non-hydrogen) atoms. The number of carbonyl (C=O) groups excluding carboxylic acids is 3. The van der Waals surface area contributed by atoms with Crippen LogP contribution in [0.4, 0.5) is 17.1 Å². The molecule has 11 rings (SSSR count). The Kier molecular flexibility index (Phi) is 10.3. The maximum Gasteiger partial charge on any atom is 0.253 e. The normalized spacial score (nSPS) is 18.8. The van der Waals surface area contributed by atoms with Crippen molar-refractivity contribution in [1.82, 2.24) is 19.1 Å². The first-order valence-electron chi connectivity index (χ1n) is 21.4. The van der Waals surface area contributed by atoms with Crippen molar-refractivity contribution in [3.8, 4) is 22.5 Å². The van der Waals surface area contributed by atoms with Crippen LogP contribution in [-0.2, 0) is 43.7 Å². The van der Waals surface area contributed by atoms with Crippen molar-refractivity contribution in [3.05, 3.63) is 159 Å². The van der Waals surface area contributed by atoms with Crippen molar-refractivity contribution in [3.63, 3.8) is 0 Å². The number of sulfonamides is 1. The maximum absolute atomic E-state index is 14.9. The van der Waals surface area contributed by atoms with Gasteiger partial charge in [0.05, 0.1) is 29.0 Å². The van der Waals surface area contributed by atoms with Gasteiger partial charge in [-0.3, -0.25) is 14.5 Å². The van der Waals surface area contributed by atoms with E-state index in [0.717, 1.165) is 73.4 Å². The predicted molar refractivity (Wildman–Crippen MR) is 250 cm³/mol. The van der Waals surface area contributed by atoms with Crippen LogP contribution in [0.25, 0.3) is 33.4 Å². The number of carboxylic acids is 1. The number of rotatable bonds is 10. The lowest BCUT2D eigenvalue weighted by atomic mass is 9.93. The van der Waals surface area contributed by atoms with Gasteiger partial charge in [0.15, 0.2) is 6.54 Å². The number of hydrogen-bond acceptors (Lipinski definition) is 10. The summed E-state index contributed by atoms with van der Waals surface area (Å²) in [6.07, 6.45) is 1.93. The molecule has 1 unspecified atom stereocenters. The molecule has 2 amide bonds. The topological polar surface area (TPSA) is 146 Å². The van der Waals surface area contributed by atoms with Gasteiger partial charge < -0.3 is 24.5 Å². The molecule has 15 heteroatoms. The predicted octanol–water partition coefficient (Wildman–Crippen LogP) is 5.89. The number of thiophene rings is 1. The number of likely N-dealkylation sites (N-methyl/N-ethyl adjacent to an activating group) is 1. The number of benzene rings is 5. The molecule has 1 N–H and O–H groups in total. The van der Waals surface area contributed by atoms with Gasteiger partial charge in [0.2, 0.25) is 27.0 Å². The van der Waals surface area contributed by atoms with E-state index in [2.05, 4.69) is 51.2 Å². The van der Waals surface area contributed by atoms with E-state index in [1.54, 1.807) is 24.3 Å². The van der Waals surface area contributed by atoms with Crippen LogP contribution in [0, 0.1) is 0 Å². The van der Waals surface area contributed by atoms with Crippen LogP contribution in [-0.4, -0.2) is 79.3 Å². The number of nitrogens with zero attached hydrogens (tertiary/aromatic N) is 4. The molecule has 326 valence electrons. The SMILES string of the molecule is CN(CC1=C(C(=O)[O-])N2C(=O)[C@@H](NC(=O)Cc3cccs3)C2SC1)S(=O)(=O)c1ccccc1-c1c2ccc(=[N+]3CCc4ccccc43)cc-2oc2cc(N3CCc4ccccc43)ccc12. The van der Waals surface area contributed by atoms with E-state index in [1.165, 1.54) is 41.3 Å². The van der Waals surface area contributed by atoms with Gasteiger partial charge in [-0.2, -0.15) is 8.88 Å². The number of carboxylic acid groups (broad SMARTS) is 1. The van der Waals surface area contributed by atoms with Crippen molar-refractivity contribution in [2.24, 2.45) is 0 Å². The molecule has 0 saturated carbocycles. The molecular weight excluding hydrogens is 879 g/mol. The second-order valence-electron chi connectivity index (χ2n) is 16.6. The molecule has 1 saturated heterocycles. The Balaban J connectivity index is 0.976. The van der Waals surface area contributed by atoms with Crippen molar-refractivity contribution in [1.29, 1.82) is 0 Å². The first-order chi connectivity index (χ1) is 31.5. The first kappa shape index (κ1) is 41.2. The largest absolute Gasteiger partial charge is 0.543 e. The summed E-state index contributed by atoms with van der Waals surface area (Å²) in [6.45, 7) is 1.31. The molecule has 0 spiro atoms. The van der Waals surface area contributed by atoms with E-state index in [-0.39, 0.29) is 40.8 Å². The van der Waals surface area contributed by atoms with E-state index >= 15 is 0 Å². The number of aliphatic carboxylic acids is 1. The minimum absolute atomic E-state index is 0.0249. The van der Waals surface area contributed by atoms with Crippen LogP contribution in [0.3, 0.4) is 0 Å². The van der Waals surface area contributed by atoms with Gasteiger partial charge in [-0.1, -0.05) is 60.7 Å². The summed E-state index contributed by atoms with van der Waals surface area (Å²) >= 11 is 2.70. The van der Waals surface area contributed by atoms with Crippen molar-refractivity contribution in [2.75, 3.05) is 37.3 Å². The fourth-order valence-corrected chi connectivity index (χ4v) is 13.1. The Labute approximate surface area is 383 Å². The van der Waals surface area contributed by atoms with Gasteiger partial charge in [0, 0.05) is 94.4 Å². The Hall–Kier alpha value is -6.52. The Morgan fingerprint density at radius 2 is 1.71 bits per heavy atom. The van der Waals surface area contributed by atoms with Crippen LogP contribution in [0.1, 0.15) is 16.0 Å². The molecule has 0 radical (unpaired) electrons. The van der Waals surface area contributed by atoms with Gasteiger partial charge in [-0.15, -0.1) is 23.1 Å². The monoisotopic (exact) mass is 919 g/mol. The lowest BCUT2D eigenvalue weighted by molar-refractivity contribution is -0.301. The number of nitrogens with one attached hydrogen (secondary N) is 1. The lowest BCUT2D eigenvalue weighted by Crippen LogP contribution is -2.71. The number of carbonyl (C=O) groups is 3. The molecule has 1 aromatic heterocycles. The third-order valence-electron chi connectivity index (χ3n) is 12.8. The zero-order valence-corrected chi connectivity index (χ0v) is 37.5. The van der Waals surface area contributed by atoms with E-state index < -0.39 is 33.3 Å². The van der Waals surface area contributed by atoms with Crippen LogP contribution >= 0.6 is 23.1 Å². The second kappa shape index (κ2) is 16.2. The lowest BCUT2D eigenvalue weighted by Gasteiger charge is -2.51. The molecule has 6 aliphatic rings. The van der Waals surface area contributed by atoms with E-state index in [4.69, 9.17) is 4.42 Å². The number of hydrogen-bond donors (Lipinski definition) is 1. The number of amides is 2. The highest BCUT2D eigenvalue weighted by atomic mass is 32.2. The van der Waals surface area contributed by atoms with Crippen LogP contribution < -0.4 is 25.3 Å². The van der Waals surface area contributed by atoms with Crippen LogP contribution in [0.2, 0.25) is 0 Å². The summed E-state index contributed by atoms with van der Waals surface area (Å²) < 4.78 is 40.1. The van der Waals surface area contributed by atoms with E-state index in [9.17, 15) is 27.9 Å². The molecule has 4 aromatic carbocycles. The van der Waals surface area contributed by atoms with Gasteiger partial charge in [-0.05, 0) is 59.3 Å². The summed E-state index contributed by atoms with van der Waals surface area (Å²) in [5.74, 6) is -1.82. The minimum Gasteiger partial charge on any atom is -0.543 e. The minimum atomic E-state index is -4.32. The molecule has 5 aromatic rings. The summed E-state index contributed by atoms with van der Waals surface area (Å²) in [4.78, 5) is 43.2. The van der Waals surface area contributed by atoms with Gasteiger partial charge in [0.25, 0.3) is 5.91 Å². The van der Waals surface area contributed by atoms with Gasteiger partial charge in [-0.25, -0.2) is 8.42 Å². The highest BCUT2D eigenvalue weighted by Gasteiger charge is 2.53. The van der Waals surface area contributed by atoms with Crippen molar-refractivity contribution >= 4 is 78.9 Å². The average molecular weight is 920 g/mol. The van der Waals surface area contributed by atoms with Crippen molar-refractivity contribution in [2.45, 2.75) is 35.6 Å². The zero-order valence-electron chi connectivity index (χ0n) is 35.1.